The number of esters is 3. The van der Waals surface area contributed by atoms with Crippen LogP contribution in [0.1, 0.15) is 132 Å². The van der Waals surface area contributed by atoms with Crippen molar-refractivity contribution >= 4 is 117 Å². The molecule has 5 aliphatic heterocycles. The molecular weight excluding hydrogens is 1170 g/mol. The van der Waals surface area contributed by atoms with Crippen LogP contribution >= 0.6 is 23.5 Å². The van der Waals surface area contributed by atoms with Crippen molar-refractivity contribution in [2.75, 3.05) is 19.8 Å². The molecule has 5 heterocycles. The molecule has 5 saturated heterocycles. The van der Waals surface area contributed by atoms with Gasteiger partial charge in [0, 0.05) is 127 Å². The number of carbonyl (C=O) groups excluding carboxylic acids is 3. The number of carbonyl (C=O) groups is 3. The first-order valence-electron chi connectivity index (χ1n) is 26.6. The van der Waals surface area contributed by atoms with Gasteiger partial charge in [0.15, 0.2) is 0 Å². The number of hydrogen-bond donors (Lipinski definition) is 8. The van der Waals surface area contributed by atoms with E-state index in [0.717, 1.165) is 32.7 Å². The van der Waals surface area contributed by atoms with Gasteiger partial charge >= 0.3 is 41.4 Å². The summed E-state index contributed by atoms with van der Waals surface area (Å²) in [5, 5.41) is 35.9. The number of ether oxygens (including phenoxy) is 8. The van der Waals surface area contributed by atoms with Crippen LogP contribution in [0.4, 0.5) is 0 Å². The average molecular weight is 1250 g/mol. The van der Waals surface area contributed by atoms with Gasteiger partial charge in [0.1, 0.15) is 36.6 Å². The standard InChI is InChI=1S/C12H18O3.C11H19O13P3.C11H16O4.C7H14O2.C6H12O3.B4.B3.B2.B/c1-4-6-7-12(13)15-11-8-9(3)14-10(11)5-2;1-3-4-5-11(12)22-9-6-8(2)21-10(9)7-20-26(16,17)24-27(18,19)23-25(13,14)15;1-3-4-5-11(13)15-9-6-8(2)14-10(9)7-12;1-3-7-6(8)4-5(2)9-7;1-4-2-5(8)6(3-7)9-4;1-4(2)3;1-3-2;1-2;/h1,9-11H,5-8H2,2-3H3;1,8-10H,4-7H2,2H3,(H,16,17)(H,18,19)(H2,13,14,15);1,8-10,12H,4-7H2,2H3;5-8H,3-4H2,1-2H3;4-8H,2-3H2,1H3;;;;/t9-,10+,11?;2*8-,9?,10+;5-,6?,7+;4-,5?,6+;;;;/m00000..../s1. The lowest BCUT2D eigenvalue weighted by Crippen LogP contribution is -2.31. The Morgan fingerprint density at radius 1 is 0.553 bits per heavy atom. The fraction of sp³-hybridized carbons (Fsp3) is 0.809. The topological polar surface area (TPSA) is 366 Å². The fourth-order valence-corrected chi connectivity index (χ4v) is 10.9. The highest BCUT2D eigenvalue weighted by atomic mass is 31.3. The van der Waals surface area contributed by atoms with Gasteiger partial charge in [-0.1, -0.05) is 13.8 Å². The van der Waals surface area contributed by atoms with Crippen LogP contribution in [0.2, 0.25) is 0 Å². The van der Waals surface area contributed by atoms with Crippen molar-refractivity contribution in [3.63, 3.8) is 0 Å². The van der Waals surface area contributed by atoms with E-state index in [1.807, 2.05) is 41.5 Å². The van der Waals surface area contributed by atoms with Crippen molar-refractivity contribution in [3.05, 3.63) is 0 Å². The van der Waals surface area contributed by atoms with Crippen molar-refractivity contribution in [3.8, 4) is 37.0 Å². The molecule has 0 aromatic heterocycles. The summed E-state index contributed by atoms with van der Waals surface area (Å²) in [6, 6.07) is 0. The molecule has 38 heteroatoms. The molecule has 85 heavy (non-hydrogen) atoms. The lowest BCUT2D eigenvalue weighted by Gasteiger charge is -2.21. The molecular formula is C47H79B10O25P3. The molecule has 8 N–H and O–H groups in total. The molecule has 0 saturated carbocycles. The maximum Gasteiger partial charge on any atom is 0.490 e. The minimum Gasteiger partial charge on any atom is -0.459 e. The highest BCUT2D eigenvalue weighted by molar-refractivity contribution is 7.66. The van der Waals surface area contributed by atoms with Gasteiger partial charge < -0.3 is 77.9 Å². The summed E-state index contributed by atoms with van der Waals surface area (Å²) in [4.78, 5) is 69.6. The van der Waals surface area contributed by atoms with Crippen LogP contribution in [0.15, 0.2) is 0 Å². The molecule has 0 bridgehead atoms. The first-order valence-corrected chi connectivity index (χ1v) is 31.1. The van der Waals surface area contributed by atoms with Crippen molar-refractivity contribution in [1.29, 1.82) is 0 Å². The number of phosphoric acid groups is 3. The van der Waals surface area contributed by atoms with E-state index in [1.165, 1.54) is 0 Å². The Kier molecular flexibility index (Phi) is 52.0. The summed E-state index contributed by atoms with van der Waals surface area (Å²) in [5.41, 5.74) is 0. The summed E-state index contributed by atoms with van der Waals surface area (Å²) < 4.78 is 87.6. The van der Waals surface area contributed by atoms with Gasteiger partial charge in [-0.15, -0.1) is 37.0 Å². The smallest absolute Gasteiger partial charge is 0.459 e. The van der Waals surface area contributed by atoms with E-state index in [1.54, 1.807) is 6.92 Å². The second-order valence-electron chi connectivity index (χ2n) is 18.8. The van der Waals surface area contributed by atoms with Crippen LogP contribution in [0.25, 0.3) is 0 Å². The van der Waals surface area contributed by atoms with E-state index in [0.29, 0.717) is 32.1 Å². The largest absolute Gasteiger partial charge is 0.490 e. The minimum absolute atomic E-state index is 0. The van der Waals surface area contributed by atoms with Gasteiger partial charge in [-0.05, 0) is 47.5 Å². The summed E-state index contributed by atoms with van der Waals surface area (Å²) in [6.45, 7) is 12.6. The van der Waals surface area contributed by atoms with E-state index in [-0.39, 0.29) is 126 Å². The van der Waals surface area contributed by atoms with Crippen molar-refractivity contribution in [2.24, 2.45) is 0 Å². The summed E-state index contributed by atoms with van der Waals surface area (Å²) in [7, 11) is 15.6. The third-order valence-corrected chi connectivity index (χ3v) is 15.0. The second kappa shape index (κ2) is 49.6. The van der Waals surface area contributed by atoms with E-state index in [2.05, 4.69) is 85.1 Å². The normalized spacial score (nSPS) is 28.9. The van der Waals surface area contributed by atoms with Crippen LogP contribution in [0.5, 0.6) is 0 Å². The lowest BCUT2D eigenvalue weighted by molar-refractivity contribution is -0.153. The highest BCUT2D eigenvalue weighted by Gasteiger charge is 2.43. The Balaban J connectivity index is -0.000000488. The molecule has 0 aromatic rings. The molecule has 0 aromatic carbocycles. The zero-order valence-corrected chi connectivity index (χ0v) is 52.0. The Morgan fingerprint density at radius 2 is 0.847 bits per heavy atom. The second-order valence-corrected chi connectivity index (χ2v) is 23.2. The maximum absolute atomic E-state index is 11.7. The molecule has 5 rings (SSSR count). The predicted molar refractivity (Wildman–Crippen MR) is 323 cm³/mol. The van der Waals surface area contributed by atoms with E-state index < -0.39 is 66.8 Å². The molecule has 0 aliphatic carbocycles. The van der Waals surface area contributed by atoms with Gasteiger partial charge in [-0.3, -0.25) is 18.9 Å². The first kappa shape index (κ1) is 89.2. The Labute approximate surface area is 514 Å². The number of aliphatic hydroxyl groups is 4. The van der Waals surface area contributed by atoms with Gasteiger partial charge in [-0.2, -0.15) is 8.62 Å². The van der Waals surface area contributed by atoms with Crippen LogP contribution < -0.4 is 0 Å². The molecule has 5 aliphatic rings. The molecule has 25 nitrogen and oxygen atoms in total. The first-order chi connectivity index (χ1) is 39.2. The molecule has 462 valence electrons. The number of terminal acetylenes is 3. The van der Waals surface area contributed by atoms with E-state index in [9.17, 15) is 38.1 Å². The quantitative estimate of drug-likeness (QED) is 0.0258. The van der Waals surface area contributed by atoms with Gasteiger partial charge in [0.25, 0.3) is 0 Å². The molecule has 18 radical (unpaired) electrons. The van der Waals surface area contributed by atoms with Crippen molar-refractivity contribution in [2.45, 2.75) is 223 Å². The van der Waals surface area contributed by atoms with Crippen LogP contribution in [0, 0.1) is 37.0 Å². The van der Waals surface area contributed by atoms with Gasteiger partial charge in [-0.25, -0.2) is 13.7 Å². The summed E-state index contributed by atoms with van der Waals surface area (Å²) >= 11 is 0. The lowest BCUT2D eigenvalue weighted by atomic mass is 9.08. The Hall–Kier alpha value is -2.21. The van der Waals surface area contributed by atoms with Crippen LogP contribution in [-0.2, 0) is 79.1 Å². The average Bonchev–Trinajstić information content (AvgIpc) is 4.23. The number of hydrogen-bond acceptors (Lipinski definition) is 21. The third kappa shape index (κ3) is 44.8. The SMILES string of the molecule is C#CCCC(=O)OC1C[C@H](C)O[C@@H]1CC.C#CCCC(=O)OC1C[C@H](C)O[C@@H]1CO.C#CCCC(=O)OC1C[C@H](C)O[C@@H]1COP(=O)(O)OP(=O)(O)OP(=O)(O)O.CC[C@H]1O[C@@H](C)CC1O.C[C@H]1CC(O)[C@@H](CO)O1.[B].[B]B([B])[B].[B][B].[B][B][B]. The summed E-state index contributed by atoms with van der Waals surface area (Å²) in [5.74, 6) is 5.92. The van der Waals surface area contributed by atoms with Crippen LogP contribution in [-0.4, -0.2) is 245 Å². The van der Waals surface area contributed by atoms with Crippen molar-refractivity contribution in [1.82, 2.24) is 0 Å². The van der Waals surface area contributed by atoms with Crippen LogP contribution in [0.3, 0.4) is 0 Å². The minimum atomic E-state index is -5.61. The van der Waals surface area contributed by atoms with Gasteiger partial charge in [0.05, 0.1) is 94.0 Å². The third-order valence-electron chi connectivity index (χ3n) is 11.2. The molecule has 0 amide bonds. The zero-order valence-electron chi connectivity index (χ0n) is 49.3. The number of rotatable bonds is 20. The molecule has 17 atom stereocenters. The number of aliphatic hydroxyl groups excluding tert-OH is 4. The van der Waals surface area contributed by atoms with Crippen molar-refractivity contribution < 1.29 is 119 Å². The molecule has 5 fully saturated rings. The highest BCUT2D eigenvalue weighted by Crippen LogP contribution is 2.66. The number of phosphoric ester groups is 1. The Bertz CT molecular complexity index is 2010. The zero-order chi connectivity index (χ0) is 65.4. The molecule has 7 unspecified atom stereocenters. The van der Waals surface area contributed by atoms with Gasteiger partial charge in [0.2, 0.25) is 0 Å². The maximum atomic E-state index is 11.7. The van der Waals surface area contributed by atoms with E-state index in [4.69, 9.17) is 87.2 Å². The molecule has 0 spiro atoms. The Morgan fingerprint density at radius 3 is 1.13 bits per heavy atom. The predicted octanol–water partition coefficient (Wildman–Crippen LogP) is -0.144. The monoisotopic (exact) mass is 1250 g/mol. The van der Waals surface area contributed by atoms with E-state index >= 15 is 0 Å². The summed E-state index contributed by atoms with van der Waals surface area (Å²) in [6.07, 6.45) is 17.5. The fourth-order valence-electron chi connectivity index (χ4n) is 7.88.